The Morgan fingerprint density at radius 1 is 1.16 bits per heavy atom. The summed E-state index contributed by atoms with van der Waals surface area (Å²) in [4.78, 5) is 35.1. The maximum Gasteiger partial charge on any atom is 0.271 e. The number of carbonyl (C=O) groups is 2. The van der Waals surface area contributed by atoms with Gasteiger partial charge in [-0.05, 0) is 36.8 Å². The quantitative estimate of drug-likeness (QED) is 0.145. The van der Waals surface area contributed by atoms with E-state index < -0.39 is 10.8 Å². The van der Waals surface area contributed by atoms with Crippen LogP contribution in [0.2, 0.25) is 5.02 Å². The lowest BCUT2D eigenvalue weighted by Crippen LogP contribution is -2.22. The van der Waals surface area contributed by atoms with Crippen LogP contribution >= 0.6 is 23.4 Å². The number of anilines is 1. The third-order valence-electron chi connectivity index (χ3n) is 5.13. The molecule has 0 aliphatic heterocycles. The summed E-state index contributed by atoms with van der Waals surface area (Å²) in [6, 6.07) is 9.09. The monoisotopic (exact) mass is 560 g/mol. The predicted octanol–water partition coefficient (Wildman–Crippen LogP) is 3.94. The van der Waals surface area contributed by atoms with Gasteiger partial charge >= 0.3 is 0 Å². The van der Waals surface area contributed by atoms with E-state index in [1.54, 1.807) is 36.0 Å². The maximum absolute atomic E-state index is 12.4. The molecule has 1 aromatic heterocycles. The average molecular weight is 561 g/mol. The number of hydrogen-bond donors (Lipinski definition) is 2. The van der Waals surface area contributed by atoms with Gasteiger partial charge in [0.1, 0.15) is 0 Å². The number of hydrogen-bond acceptors (Lipinski definition) is 9. The minimum absolute atomic E-state index is 0.0302. The van der Waals surface area contributed by atoms with Crippen molar-refractivity contribution in [3.8, 4) is 11.5 Å². The van der Waals surface area contributed by atoms with Crippen molar-refractivity contribution in [1.29, 1.82) is 0 Å². The van der Waals surface area contributed by atoms with Gasteiger partial charge in [-0.2, -0.15) is 0 Å². The molecule has 14 heteroatoms. The Hall–Kier alpha value is -4.10. The van der Waals surface area contributed by atoms with Gasteiger partial charge in [0.2, 0.25) is 11.8 Å². The molecule has 200 valence electrons. The lowest BCUT2D eigenvalue weighted by molar-refractivity contribution is -0.384. The number of nitrogens with one attached hydrogen (secondary N) is 2. The van der Waals surface area contributed by atoms with E-state index >= 15 is 0 Å². The van der Waals surface area contributed by atoms with Crippen LogP contribution in [0.15, 0.2) is 47.6 Å². The SMILES string of the molecule is CCn1c(CNC(=O)C=Cc2ccc(OC)c(OC)c2)nnc1SCC(=O)Nc1cc([N+](=O)[O-])ccc1Cl. The van der Waals surface area contributed by atoms with Crippen LogP contribution < -0.4 is 20.1 Å². The molecule has 0 aliphatic carbocycles. The zero-order valence-electron chi connectivity index (χ0n) is 20.8. The molecule has 1 heterocycles. The largest absolute Gasteiger partial charge is 0.493 e. The number of nitro groups is 1. The number of nitro benzene ring substituents is 1. The molecule has 0 aliphatic rings. The first-order valence-electron chi connectivity index (χ1n) is 11.2. The fourth-order valence-corrected chi connectivity index (χ4v) is 4.25. The molecule has 12 nitrogen and oxygen atoms in total. The van der Waals surface area contributed by atoms with Crippen molar-refractivity contribution in [2.45, 2.75) is 25.2 Å². The normalized spacial score (nSPS) is 10.8. The van der Waals surface area contributed by atoms with E-state index in [1.807, 2.05) is 6.92 Å². The molecule has 0 saturated carbocycles. The van der Waals surface area contributed by atoms with Crippen LogP contribution in [0.1, 0.15) is 18.3 Å². The number of benzene rings is 2. The van der Waals surface area contributed by atoms with Crippen molar-refractivity contribution in [2.24, 2.45) is 0 Å². The summed E-state index contributed by atoms with van der Waals surface area (Å²) >= 11 is 7.17. The van der Waals surface area contributed by atoms with Gasteiger partial charge in [-0.15, -0.1) is 10.2 Å². The van der Waals surface area contributed by atoms with Gasteiger partial charge in [0.05, 0.1) is 42.2 Å². The van der Waals surface area contributed by atoms with Gasteiger partial charge in [0.25, 0.3) is 5.69 Å². The van der Waals surface area contributed by atoms with E-state index in [0.29, 0.717) is 29.0 Å². The standard InChI is InChI=1S/C24H25ClN6O6S/c1-4-30-21(13-26-22(32)10-6-15-5-9-19(36-2)20(11-15)37-3)28-29-24(30)38-14-23(33)27-18-12-16(31(34)35)7-8-17(18)25/h5-12H,4,13-14H2,1-3H3,(H,26,32)(H,27,33). The Labute approximate surface area is 227 Å². The van der Waals surface area contributed by atoms with E-state index in [9.17, 15) is 19.7 Å². The number of ether oxygens (including phenoxy) is 2. The van der Waals surface area contributed by atoms with Gasteiger partial charge < -0.3 is 24.7 Å². The number of rotatable bonds is 12. The third kappa shape index (κ3) is 7.46. The van der Waals surface area contributed by atoms with Gasteiger partial charge in [0.15, 0.2) is 22.5 Å². The smallest absolute Gasteiger partial charge is 0.271 e. The zero-order chi connectivity index (χ0) is 27.7. The number of thioether (sulfide) groups is 1. The van der Waals surface area contributed by atoms with Crippen molar-refractivity contribution in [3.05, 3.63) is 69.0 Å². The third-order valence-corrected chi connectivity index (χ3v) is 6.43. The predicted molar refractivity (Wildman–Crippen MR) is 144 cm³/mol. The number of methoxy groups -OCH3 is 2. The van der Waals surface area contributed by atoms with Gasteiger partial charge in [-0.3, -0.25) is 19.7 Å². The maximum atomic E-state index is 12.4. The number of carbonyl (C=O) groups excluding carboxylic acids is 2. The molecule has 3 rings (SSSR count). The van der Waals surface area contributed by atoms with E-state index in [0.717, 1.165) is 17.3 Å². The van der Waals surface area contributed by atoms with Crippen LogP contribution in [-0.2, 0) is 22.7 Å². The number of non-ortho nitro benzene ring substituents is 1. The first-order valence-corrected chi connectivity index (χ1v) is 12.6. The van der Waals surface area contributed by atoms with Crippen molar-refractivity contribution in [3.63, 3.8) is 0 Å². The summed E-state index contributed by atoms with van der Waals surface area (Å²) in [5.41, 5.74) is 0.721. The Kier molecular flexibility index (Phi) is 10.1. The summed E-state index contributed by atoms with van der Waals surface area (Å²) in [6.45, 7) is 2.53. The van der Waals surface area contributed by atoms with Gasteiger partial charge in [0, 0.05) is 24.8 Å². The average Bonchev–Trinajstić information content (AvgIpc) is 3.32. The van der Waals surface area contributed by atoms with Crippen LogP contribution in [0.4, 0.5) is 11.4 Å². The molecule has 0 radical (unpaired) electrons. The van der Waals surface area contributed by atoms with Crippen molar-refractivity contribution in [1.82, 2.24) is 20.1 Å². The zero-order valence-corrected chi connectivity index (χ0v) is 22.3. The fraction of sp³-hybridized carbons (Fsp3) is 0.250. The molecule has 0 unspecified atom stereocenters. The Balaban J connectivity index is 1.56. The molecule has 3 aromatic rings. The van der Waals surface area contributed by atoms with Crippen LogP contribution in [0.25, 0.3) is 6.08 Å². The highest BCUT2D eigenvalue weighted by Gasteiger charge is 2.16. The summed E-state index contributed by atoms with van der Waals surface area (Å²) in [5.74, 6) is 0.887. The van der Waals surface area contributed by atoms with Crippen LogP contribution in [0.3, 0.4) is 0 Å². The number of halogens is 1. The second kappa shape index (κ2) is 13.4. The highest BCUT2D eigenvalue weighted by atomic mass is 35.5. The summed E-state index contributed by atoms with van der Waals surface area (Å²) in [7, 11) is 3.08. The van der Waals surface area contributed by atoms with Crippen molar-refractivity contribution >= 4 is 52.6 Å². The number of aromatic nitrogens is 3. The van der Waals surface area contributed by atoms with Crippen LogP contribution in [0.5, 0.6) is 11.5 Å². The minimum Gasteiger partial charge on any atom is -0.493 e. The van der Waals surface area contributed by atoms with Crippen molar-refractivity contribution < 1.29 is 24.0 Å². The summed E-state index contributed by atoms with van der Waals surface area (Å²) in [6.07, 6.45) is 3.04. The molecule has 2 N–H and O–H groups in total. The lowest BCUT2D eigenvalue weighted by Gasteiger charge is -2.09. The molecular formula is C24H25ClN6O6S. The lowest BCUT2D eigenvalue weighted by atomic mass is 10.2. The molecule has 0 saturated heterocycles. The van der Waals surface area contributed by atoms with Crippen molar-refractivity contribution in [2.75, 3.05) is 25.3 Å². The first-order chi connectivity index (χ1) is 18.2. The Morgan fingerprint density at radius 3 is 2.61 bits per heavy atom. The minimum atomic E-state index is -0.573. The molecule has 0 bridgehead atoms. The van der Waals surface area contributed by atoms with Gasteiger partial charge in [-0.1, -0.05) is 29.4 Å². The van der Waals surface area contributed by atoms with Gasteiger partial charge in [-0.25, -0.2) is 0 Å². The van der Waals surface area contributed by atoms with E-state index in [1.165, 1.54) is 31.4 Å². The fourth-order valence-electron chi connectivity index (χ4n) is 3.27. The Bertz CT molecular complexity index is 1360. The second-order valence-electron chi connectivity index (χ2n) is 7.57. The molecule has 2 amide bonds. The molecule has 2 aromatic carbocycles. The van der Waals surface area contributed by atoms with Crippen LogP contribution in [-0.4, -0.2) is 51.5 Å². The Morgan fingerprint density at radius 2 is 1.92 bits per heavy atom. The highest BCUT2D eigenvalue weighted by molar-refractivity contribution is 7.99. The van der Waals surface area contributed by atoms with E-state index in [2.05, 4.69) is 20.8 Å². The molecular weight excluding hydrogens is 536 g/mol. The molecule has 0 fully saturated rings. The number of nitrogens with zero attached hydrogens (tertiary/aromatic N) is 4. The second-order valence-corrected chi connectivity index (χ2v) is 8.92. The summed E-state index contributed by atoms with van der Waals surface area (Å²) in [5, 5.41) is 25.2. The first kappa shape index (κ1) is 28.5. The summed E-state index contributed by atoms with van der Waals surface area (Å²) < 4.78 is 12.2. The number of amides is 2. The van der Waals surface area contributed by atoms with E-state index in [-0.39, 0.29) is 34.6 Å². The molecule has 38 heavy (non-hydrogen) atoms. The topological polar surface area (TPSA) is 151 Å². The highest BCUT2D eigenvalue weighted by Crippen LogP contribution is 2.28. The molecule has 0 atom stereocenters. The van der Waals surface area contributed by atoms with E-state index in [4.69, 9.17) is 21.1 Å². The molecule has 0 spiro atoms. The van der Waals surface area contributed by atoms with Crippen LogP contribution in [0, 0.1) is 10.1 Å².